The Labute approximate surface area is 207 Å². The highest BCUT2D eigenvalue weighted by Gasteiger charge is 2.53. The molecule has 1 atom stereocenters. The third-order valence-electron chi connectivity index (χ3n) is 7.23. The highest BCUT2D eigenvalue weighted by atomic mass is 35.5. The van der Waals surface area contributed by atoms with Crippen molar-refractivity contribution in [1.29, 1.82) is 0 Å². The zero-order chi connectivity index (χ0) is 24.5. The van der Waals surface area contributed by atoms with Crippen LogP contribution in [-0.2, 0) is 10.2 Å². The number of carbonyl (C=O) groups excluding carboxylic acids is 1. The van der Waals surface area contributed by atoms with Gasteiger partial charge in [-0.1, -0.05) is 48.9 Å². The zero-order valence-corrected chi connectivity index (χ0v) is 20.4. The summed E-state index contributed by atoms with van der Waals surface area (Å²) >= 11 is 6.18. The maximum Gasteiger partial charge on any atom is 0.336 e. The Morgan fingerprint density at radius 1 is 0.943 bits per heavy atom. The third kappa shape index (κ3) is 3.26. The van der Waals surface area contributed by atoms with Crippen LogP contribution < -0.4 is 10.5 Å². The molecule has 2 aliphatic rings. The van der Waals surface area contributed by atoms with Crippen molar-refractivity contribution >= 4 is 45.6 Å². The molecule has 0 spiro atoms. The highest BCUT2D eigenvalue weighted by Crippen LogP contribution is 2.54. The van der Waals surface area contributed by atoms with Crippen molar-refractivity contribution in [3.8, 4) is 0 Å². The molecular weight excluding hydrogens is 460 g/mol. The van der Waals surface area contributed by atoms with Crippen molar-refractivity contribution in [2.24, 2.45) is 4.99 Å². The van der Waals surface area contributed by atoms with Crippen LogP contribution in [0.25, 0.3) is 11.0 Å². The largest absolute Gasteiger partial charge is 0.423 e. The van der Waals surface area contributed by atoms with Gasteiger partial charge >= 0.3 is 5.63 Å². The first-order valence-electron chi connectivity index (χ1n) is 11.5. The first-order valence-corrected chi connectivity index (χ1v) is 11.9. The van der Waals surface area contributed by atoms with E-state index in [1.165, 1.54) is 6.07 Å². The van der Waals surface area contributed by atoms with Crippen molar-refractivity contribution in [2.45, 2.75) is 38.1 Å². The smallest absolute Gasteiger partial charge is 0.336 e. The molecule has 0 aliphatic carbocycles. The van der Waals surface area contributed by atoms with Crippen molar-refractivity contribution in [3.63, 3.8) is 0 Å². The van der Waals surface area contributed by atoms with Crippen LogP contribution in [0, 0.1) is 0 Å². The number of carbonyl (C=O) groups is 1. The number of rotatable bonds is 2. The lowest BCUT2D eigenvalue weighted by Gasteiger charge is -2.49. The molecule has 1 amide bonds. The molecule has 6 rings (SSSR count). The zero-order valence-electron chi connectivity index (χ0n) is 19.6. The molecule has 0 saturated carbocycles. The van der Waals surface area contributed by atoms with Crippen LogP contribution in [0.3, 0.4) is 0 Å². The van der Waals surface area contributed by atoms with Gasteiger partial charge in [0.2, 0.25) is 0 Å². The first-order chi connectivity index (χ1) is 16.7. The Morgan fingerprint density at radius 3 is 2.49 bits per heavy atom. The number of fused-ring (bicyclic) bond motifs is 1. The summed E-state index contributed by atoms with van der Waals surface area (Å²) in [6.07, 6.45) is 0.756. The van der Waals surface area contributed by atoms with E-state index in [0.717, 1.165) is 34.2 Å². The number of halogens is 1. The van der Waals surface area contributed by atoms with Crippen molar-refractivity contribution in [1.82, 2.24) is 0 Å². The molecule has 3 heterocycles. The summed E-state index contributed by atoms with van der Waals surface area (Å²) < 4.78 is 5.23. The number of amides is 1. The van der Waals surface area contributed by atoms with Crippen LogP contribution in [0.15, 0.2) is 87.0 Å². The number of nitrogens with zero attached hydrogens (tertiary/aromatic N) is 2. The van der Waals surface area contributed by atoms with E-state index in [-0.39, 0.29) is 11.3 Å². The minimum atomic E-state index is -0.432. The van der Waals surface area contributed by atoms with Gasteiger partial charge in [-0.15, -0.1) is 0 Å². The molecule has 0 saturated heterocycles. The van der Waals surface area contributed by atoms with Crippen LogP contribution in [0.4, 0.5) is 11.4 Å². The van der Waals surface area contributed by atoms with Gasteiger partial charge in [-0.25, -0.2) is 9.79 Å². The normalized spacial score (nSPS) is 21.5. The average Bonchev–Trinajstić information content (AvgIpc) is 3.10. The van der Waals surface area contributed by atoms with E-state index >= 15 is 0 Å². The summed E-state index contributed by atoms with van der Waals surface area (Å²) in [5.41, 5.74) is 4.44. The second-order valence-corrected chi connectivity index (χ2v) is 10.5. The van der Waals surface area contributed by atoms with Crippen molar-refractivity contribution in [2.75, 3.05) is 4.90 Å². The molecule has 1 unspecified atom stereocenters. The summed E-state index contributed by atoms with van der Waals surface area (Å²) in [5.74, 6) is -0.102. The van der Waals surface area contributed by atoms with Gasteiger partial charge in [0.25, 0.3) is 5.91 Å². The molecule has 1 aromatic heterocycles. The molecule has 6 heteroatoms. The number of benzene rings is 3. The quantitative estimate of drug-likeness (QED) is 0.310. The van der Waals surface area contributed by atoms with Crippen molar-refractivity contribution < 1.29 is 9.21 Å². The molecule has 2 aliphatic heterocycles. The molecule has 0 fully saturated rings. The fraction of sp³-hybridized carbons (Fsp3) is 0.207. The van der Waals surface area contributed by atoms with Crippen LogP contribution in [-0.4, -0.2) is 17.2 Å². The van der Waals surface area contributed by atoms with E-state index in [1.807, 2.05) is 35.2 Å². The lowest BCUT2D eigenvalue weighted by Crippen LogP contribution is -2.54. The summed E-state index contributed by atoms with van der Waals surface area (Å²) in [5, 5.41) is 1.45. The maximum absolute atomic E-state index is 13.8. The summed E-state index contributed by atoms with van der Waals surface area (Å²) in [7, 11) is 0. The lowest BCUT2D eigenvalue weighted by molar-refractivity contribution is -0.113. The number of hydrogen-bond donors (Lipinski definition) is 0. The van der Waals surface area contributed by atoms with E-state index in [0.29, 0.717) is 22.0 Å². The van der Waals surface area contributed by atoms with E-state index in [2.05, 4.69) is 39.0 Å². The van der Waals surface area contributed by atoms with Gasteiger partial charge in [0.05, 0.1) is 11.4 Å². The molecule has 0 bridgehead atoms. The molecule has 0 radical (unpaired) electrons. The Bertz CT molecular complexity index is 1620. The van der Waals surface area contributed by atoms with Gasteiger partial charge in [-0.05, 0) is 67.8 Å². The second-order valence-electron chi connectivity index (χ2n) is 10.1. The molecule has 0 N–H and O–H groups in total. The Morgan fingerprint density at radius 2 is 1.71 bits per heavy atom. The predicted octanol–water partition coefficient (Wildman–Crippen LogP) is 6.40. The second kappa shape index (κ2) is 7.40. The number of aliphatic imine (C=N–C) groups is 1. The summed E-state index contributed by atoms with van der Waals surface area (Å²) in [4.78, 5) is 32.1. The van der Waals surface area contributed by atoms with Gasteiger partial charge in [0, 0.05) is 33.0 Å². The first kappa shape index (κ1) is 21.8. The average molecular weight is 483 g/mol. The fourth-order valence-corrected chi connectivity index (χ4v) is 5.93. The molecular formula is C29H23ClN2O3. The van der Waals surface area contributed by atoms with E-state index in [1.54, 1.807) is 18.2 Å². The number of para-hydroxylation sites is 1. The molecule has 35 heavy (non-hydrogen) atoms. The van der Waals surface area contributed by atoms with Crippen LogP contribution >= 0.6 is 11.6 Å². The minimum absolute atomic E-state index is 0.102. The van der Waals surface area contributed by atoms with E-state index < -0.39 is 11.2 Å². The Hall–Kier alpha value is -3.70. The Balaban J connectivity index is 1.54. The molecule has 4 aromatic rings. The highest BCUT2D eigenvalue weighted by molar-refractivity contribution is 6.55. The van der Waals surface area contributed by atoms with Crippen LogP contribution in [0.2, 0.25) is 5.02 Å². The third-order valence-corrected chi connectivity index (χ3v) is 7.48. The summed E-state index contributed by atoms with van der Waals surface area (Å²) in [6.45, 7) is 6.46. The lowest BCUT2D eigenvalue weighted by atomic mass is 9.65. The topological polar surface area (TPSA) is 62.9 Å². The molecule has 5 nitrogen and oxygen atoms in total. The van der Waals surface area contributed by atoms with Crippen LogP contribution in [0.1, 0.15) is 43.9 Å². The van der Waals surface area contributed by atoms with E-state index in [9.17, 15) is 9.59 Å². The van der Waals surface area contributed by atoms with Gasteiger partial charge in [0.15, 0.2) is 0 Å². The van der Waals surface area contributed by atoms with Gasteiger partial charge in [-0.2, -0.15) is 0 Å². The van der Waals surface area contributed by atoms with Crippen LogP contribution in [0.5, 0.6) is 0 Å². The van der Waals surface area contributed by atoms with Crippen molar-refractivity contribution in [3.05, 3.63) is 105 Å². The fourth-order valence-electron chi connectivity index (χ4n) is 5.80. The number of anilines is 1. The van der Waals surface area contributed by atoms with Gasteiger partial charge in [-0.3, -0.25) is 4.79 Å². The monoisotopic (exact) mass is 482 g/mol. The SMILES string of the molecule is CC1(c2ccc(Cl)cc2)CC(C)(C)N2C(=O)C(=Nc3ccc4oc(=O)ccc4c3)c3cccc1c32. The Kier molecular flexibility index (Phi) is 4.61. The van der Waals surface area contributed by atoms with Gasteiger partial charge < -0.3 is 9.32 Å². The minimum Gasteiger partial charge on any atom is -0.423 e. The maximum atomic E-state index is 13.8. The standard InChI is InChI=1S/C29H23ClN2O3/c1-28(2)16-29(3,18-8-10-19(30)11-9-18)22-6-4-5-21-25(27(34)32(28)26(21)22)31-20-12-13-23-17(15-20)7-14-24(33)35-23/h4-15H,16H2,1-3H3. The molecule has 174 valence electrons. The molecule has 3 aromatic carbocycles. The van der Waals surface area contributed by atoms with Gasteiger partial charge in [0.1, 0.15) is 11.3 Å². The summed E-state index contributed by atoms with van der Waals surface area (Å²) in [6, 6.07) is 22.5. The predicted molar refractivity (Wildman–Crippen MR) is 139 cm³/mol. The van der Waals surface area contributed by atoms with E-state index in [4.69, 9.17) is 21.0 Å². The number of hydrogen-bond acceptors (Lipinski definition) is 4.